The van der Waals surface area contributed by atoms with E-state index >= 15 is 0 Å². The normalized spacial score (nSPS) is 18.8. The molecule has 2 atom stereocenters. The first-order valence-electron chi connectivity index (χ1n) is 9.66. The number of nitrogens with zero attached hydrogens (tertiary/aromatic N) is 5. The van der Waals surface area contributed by atoms with Crippen LogP contribution in [0.2, 0.25) is 0 Å². The molecule has 0 radical (unpaired) electrons. The van der Waals surface area contributed by atoms with Crippen molar-refractivity contribution in [1.29, 1.82) is 0 Å². The molecule has 0 bridgehead atoms. The SMILES string of the molecule is C=CC(=O)NC1CCC[C@@H](N(C)c2cnc(C(N)=O)c(Cc3cnn(C)c3)n2)C1. The summed E-state index contributed by atoms with van der Waals surface area (Å²) in [6, 6.07) is 0.313. The zero-order valence-corrected chi connectivity index (χ0v) is 16.8. The lowest BCUT2D eigenvalue weighted by Gasteiger charge is -2.36. The van der Waals surface area contributed by atoms with Gasteiger partial charge in [-0.05, 0) is 37.3 Å². The number of carbonyl (C=O) groups is 2. The van der Waals surface area contributed by atoms with Gasteiger partial charge in [0.15, 0.2) is 0 Å². The number of carbonyl (C=O) groups excluding carboxylic acids is 2. The third kappa shape index (κ3) is 4.98. The first-order valence-corrected chi connectivity index (χ1v) is 9.66. The van der Waals surface area contributed by atoms with Crippen LogP contribution in [0.5, 0.6) is 0 Å². The van der Waals surface area contributed by atoms with Gasteiger partial charge in [-0.2, -0.15) is 5.10 Å². The minimum absolute atomic E-state index is 0.106. The zero-order chi connectivity index (χ0) is 21.0. The van der Waals surface area contributed by atoms with Crippen molar-refractivity contribution in [2.24, 2.45) is 12.8 Å². The van der Waals surface area contributed by atoms with Gasteiger partial charge in [-0.3, -0.25) is 14.3 Å². The summed E-state index contributed by atoms with van der Waals surface area (Å²) in [5.74, 6) is -0.0762. The van der Waals surface area contributed by atoms with E-state index in [1.807, 2.05) is 20.3 Å². The molecule has 0 spiro atoms. The summed E-state index contributed by atoms with van der Waals surface area (Å²) in [5, 5.41) is 7.14. The van der Waals surface area contributed by atoms with Gasteiger partial charge in [0.1, 0.15) is 11.5 Å². The summed E-state index contributed by atoms with van der Waals surface area (Å²) in [4.78, 5) is 34.5. The smallest absolute Gasteiger partial charge is 0.269 e. The third-order valence-corrected chi connectivity index (χ3v) is 5.28. The van der Waals surface area contributed by atoms with E-state index in [-0.39, 0.29) is 23.7 Å². The van der Waals surface area contributed by atoms with Crippen LogP contribution in [0.15, 0.2) is 31.2 Å². The van der Waals surface area contributed by atoms with Gasteiger partial charge in [0.05, 0.1) is 18.1 Å². The van der Waals surface area contributed by atoms with Gasteiger partial charge in [-0.15, -0.1) is 0 Å². The molecule has 1 unspecified atom stereocenters. The minimum atomic E-state index is -0.601. The van der Waals surface area contributed by atoms with Crippen LogP contribution in [0.1, 0.15) is 47.4 Å². The van der Waals surface area contributed by atoms with Gasteiger partial charge >= 0.3 is 0 Å². The Kier molecular flexibility index (Phi) is 6.26. The Hall–Kier alpha value is -3.23. The topological polar surface area (TPSA) is 119 Å². The Labute approximate surface area is 170 Å². The van der Waals surface area contributed by atoms with Gasteiger partial charge in [-0.25, -0.2) is 9.97 Å². The molecule has 1 saturated carbocycles. The molecule has 3 rings (SSSR count). The van der Waals surface area contributed by atoms with Crippen LogP contribution in [0, 0.1) is 0 Å². The van der Waals surface area contributed by atoms with Crippen molar-refractivity contribution in [2.45, 2.75) is 44.2 Å². The molecule has 154 valence electrons. The number of nitrogens with two attached hydrogens (primary N) is 1. The molecule has 29 heavy (non-hydrogen) atoms. The fourth-order valence-electron chi connectivity index (χ4n) is 3.77. The maximum Gasteiger partial charge on any atom is 0.269 e. The average Bonchev–Trinajstić information content (AvgIpc) is 3.11. The van der Waals surface area contributed by atoms with E-state index in [0.29, 0.717) is 17.9 Å². The van der Waals surface area contributed by atoms with E-state index in [4.69, 9.17) is 10.7 Å². The molecule has 0 aliphatic heterocycles. The van der Waals surface area contributed by atoms with Gasteiger partial charge in [-0.1, -0.05) is 6.58 Å². The molecule has 3 N–H and O–H groups in total. The number of hydrogen-bond acceptors (Lipinski definition) is 6. The highest BCUT2D eigenvalue weighted by Crippen LogP contribution is 2.26. The molecule has 2 aromatic heterocycles. The molecule has 1 fully saturated rings. The van der Waals surface area contributed by atoms with E-state index in [0.717, 1.165) is 31.2 Å². The summed E-state index contributed by atoms with van der Waals surface area (Å²) in [6.45, 7) is 3.51. The highest BCUT2D eigenvalue weighted by molar-refractivity contribution is 5.92. The first-order chi connectivity index (χ1) is 13.9. The second kappa shape index (κ2) is 8.85. The van der Waals surface area contributed by atoms with Gasteiger partial charge in [0.2, 0.25) is 5.91 Å². The van der Waals surface area contributed by atoms with Crippen LogP contribution < -0.4 is 16.0 Å². The molecule has 2 aromatic rings. The first kappa shape index (κ1) is 20.5. The van der Waals surface area contributed by atoms with Crippen molar-refractivity contribution in [3.8, 4) is 0 Å². The van der Waals surface area contributed by atoms with E-state index in [9.17, 15) is 9.59 Å². The molecule has 0 saturated heterocycles. The van der Waals surface area contributed by atoms with Crippen LogP contribution in [-0.2, 0) is 18.3 Å². The Morgan fingerprint density at radius 1 is 1.41 bits per heavy atom. The molecule has 2 heterocycles. The Bertz CT molecular complexity index is 908. The van der Waals surface area contributed by atoms with Crippen LogP contribution in [0.25, 0.3) is 0 Å². The van der Waals surface area contributed by atoms with E-state index in [2.05, 4.69) is 26.9 Å². The summed E-state index contributed by atoms with van der Waals surface area (Å²) in [6.07, 6.45) is 10.7. The Balaban J connectivity index is 1.80. The average molecular weight is 397 g/mol. The lowest BCUT2D eigenvalue weighted by Crippen LogP contribution is -2.44. The molecule has 1 aliphatic carbocycles. The number of aryl methyl sites for hydroxylation is 1. The summed E-state index contributed by atoms with van der Waals surface area (Å²) in [7, 11) is 3.79. The number of rotatable bonds is 7. The molecule has 9 heteroatoms. The van der Waals surface area contributed by atoms with Gasteiger partial charge in [0, 0.05) is 38.8 Å². The summed E-state index contributed by atoms with van der Waals surface area (Å²) < 4.78 is 1.70. The van der Waals surface area contributed by atoms with Crippen LogP contribution >= 0.6 is 0 Å². The fourth-order valence-corrected chi connectivity index (χ4v) is 3.77. The number of anilines is 1. The molecule has 9 nitrogen and oxygen atoms in total. The Morgan fingerprint density at radius 3 is 2.86 bits per heavy atom. The lowest BCUT2D eigenvalue weighted by atomic mass is 9.90. The molecule has 1 aliphatic rings. The maximum atomic E-state index is 11.8. The van der Waals surface area contributed by atoms with Crippen molar-refractivity contribution in [3.63, 3.8) is 0 Å². The molecular formula is C20H27N7O2. The number of amides is 2. The highest BCUT2D eigenvalue weighted by atomic mass is 16.1. The highest BCUT2D eigenvalue weighted by Gasteiger charge is 2.27. The van der Waals surface area contributed by atoms with E-state index < -0.39 is 5.91 Å². The third-order valence-electron chi connectivity index (χ3n) is 5.28. The van der Waals surface area contributed by atoms with Crippen molar-refractivity contribution >= 4 is 17.6 Å². The largest absolute Gasteiger partial charge is 0.364 e. The van der Waals surface area contributed by atoms with Gasteiger partial charge < -0.3 is 16.0 Å². The van der Waals surface area contributed by atoms with E-state index in [1.54, 1.807) is 17.1 Å². The zero-order valence-electron chi connectivity index (χ0n) is 16.8. The predicted octanol–water partition coefficient (Wildman–Crippen LogP) is 0.949. The van der Waals surface area contributed by atoms with E-state index in [1.165, 1.54) is 6.08 Å². The quantitative estimate of drug-likeness (QED) is 0.672. The summed E-state index contributed by atoms with van der Waals surface area (Å²) in [5.41, 5.74) is 7.12. The van der Waals surface area contributed by atoms with Crippen molar-refractivity contribution in [2.75, 3.05) is 11.9 Å². The second-order valence-corrected chi connectivity index (χ2v) is 7.43. The molecule has 2 amide bonds. The number of nitrogens with one attached hydrogen (secondary N) is 1. The fraction of sp³-hybridized carbons (Fsp3) is 0.450. The lowest BCUT2D eigenvalue weighted by molar-refractivity contribution is -0.117. The molecule has 0 aromatic carbocycles. The predicted molar refractivity (Wildman–Crippen MR) is 109 cm³/mol. The number of aromatic nitrogens is 4. The van der Waals surface area contributed by atoms with Crippen LogP contribution in [0.3, 0.4) is 0 Å². The second-order valence-electron chi connectivity index (χ2n) is 7.43. The molecular weight excluding hydrogens is 370 g/mol. The van der Waals surface area contributed by atoms with Crippen molar-refractivity contribution in [1.82, 2.24) is 25.1 Å². The number of hydrogen-bond donors (Lipinski definition) is 2. The number of primary amides is 1. The minimum Gasteiger partial charge on any atom is -0.364 e. The monoisotopic (exact) mass is 397 g/mol. The summed E-state index contributed by atoms with van der Waals surface area (Å²) >= 11 is 0. The van der Waals surface area contributed by atoms with Crippen LogP contribution in [-0.4, -0.2) is 50.7 Å². The van der Waals surface area contributed by atoms with Gasteiger partial charge in [0.25, 0.3) is 5.91 Å². The van der Waals surface area contributed by atoms with Crippen LogP contribution in [0.4, 0.5) is 5.82 Å². The standard InChI is InChI=1S/C20H27N7O2/c1-4-18(28)24-14-6-5-7-15(9-14)27(3)17-11-22-19(20(21)29)16(25-17)8-13-10-23-26(2)12-13/h4,10-12,14-15H,1,5-9H2,2-3H3,(H2,21,29)(H,24,28)/t14?,15-/m1/s1. The Morgan fingerprint density at radius 2 is 2.21 bits per heavy atom. The van der Waals surface area contributed by atoms with Crippen molar-refractivity contribution in [3.05, 3.63) is 48.2 Å². The van der Waals surface area contributed by atoms with Crippen molar-refractivity contribution < 1.29 is 9.59 Å². The maximum absolute atomic E-state index is 11.8.